The van der Waals surface area contributed by atoms with Crippen molar-refractivity contribution in [3.8, 4) is 0 Å². The van der Waals surface area contributed by atoms with Crippen LogP contribution in [0.1, 0.15) is 18.4 Å². The fourth-order valence-corrected chi connectivity index (χ4v) is 1.31. The average Bonchev–Trinajstić information content (AvgIpc) is 2.32. The van der Waals surface area contributed by atoms with Crippen molar-refractivity contribution in [2.24, 2.45) is 0 Å². The molecule has 0 atom stereocenters. The van der Waals surface area contributed by atoms with Gasteiger partial charge in [0.15, 0.2) is 0 Å². The number of hydrogen-bond acceptors (Lipinski definition) is 3. The van der Waals surface area contributed by atoms with E-state index in [9.17, 15) is 18.8 Å². The number of rotatable bonds is 4. The largest absolute Gasteiger partial charge is 0.481 e. The first-order valence-corrected chi connectivity index (χ1v) is 5.48. The minimum atomic E-state index is -1.13. The monoisotopic (exact) mass is 268 g/mol. The third kappa shape index (κ3) is 4.74. The van der Waals surface area contributed by atoms with Crippen LogP contribution in [0.4, 0.5) is 14.9 Å². The van der Waals surface area contributed by atoms with E-state index in [-0.39, 0.29) is 24.1 Å². The number of urea groups is 1. The second kappa shape index (κ2) is 6.48. The normalized spacial score (nSPS) is 9.79. The minimum Gasteiger partial charge on any atom is -0.481 e. The number of benzene rings is 1. The van der Waals surface area contributed by atoms with Crippen LogP contribution in [0.2, 0.25) is 0 Å². The molecule has 0 aliphatic carbocycles. The zero-order chi connectivity index (χ0) is 14.4. The summed E-state index contributed by atoms with van der Waals surface area (Å²) in [5.41, 5.74) is 0.485. The molecule has 0 aliphatic rings. The molecule has 0 saturated carbocycles. The highest BCUT2D eigenvalue weighted by atomic mass is 19.1. The molecule has 19 heavy (non-hydrogen) atoms. The molecule has 7 heteroatoms. The van der Waals surface area contributed by atoms with E-state index in [1.807, 2.05) is 5.32 Å². The molecule has 0 heterocycles. The first-order valence-electron chi connectivity index (χ1n) is 5.48. The number of imide groups is 1. The van der Waals surface area contributed by atoms with Crippen LogP contribution < -0.4 is 10.6 Å². The van der Waals surface area contributed by atoms with E-state index in [1.54, 1.807) is 0 Å². The number of carbonyl (C=O) groups excluding carboxylic acids is 2. The Morgan fingerprint density at radius 2 is 1.95 bits per heavy atom. The standard InChI is InChI=1S/C12H13FN2O4/c1-7-8(13)3-2-4-9(7)14-12(19)15-10(16)5-6-11(17)18/h2-4H,5-6H2,1H3,(H,17,18)(H2,14,15,16,19). The summed E-state index contributed by atoms with van der Waals surface area (Å²) in [6.07, 6.45) is -0.664. The van der Waals surface area contributed by atoms with Crippen LogP contribution in [0.25, 0.3) is 0 Å². The molecule has 1 aromatic carbocycles. The molecule has 0 aliphatic heterocycles. The zero-order valence-corrected chi connectivity index (χ0v) is 10.2. The fourth-order valence-electron chi connectivity index (χ4n) is 1.31. The molecule has 6 nitrogen and oxygen atoms in total. The van der Waals surface area contributed by atoms with E-state index in [0.29, 0.717) is 0 Å². The number of carboxylic acids is 1. The van der Waals surface area contributed by atoms with Gasteiger partial charge >= 0.3 is 12.0 Å². The summed E-state index contributed by atoms with van der Waals surface area (Å²) in [5.74, 6) is -2.32. The van der Waals surface area contributed by atoms with E-state index in [4.69, 9.17) is 5.11 Å². The lowest BCUT2D eigenvalue weighted by Gasteiger charge is -2.09. The lowest BCUT2D eigenvalue weighted by atomic mass is 10.2. The highest BCUT2D eigenvalue weighted by molar-refractivity contribution is 6.01. The Labute approximate surface area is 108 Å². The SMILES string of the molecule is Cc1c(F)cccc1NC(=O)NC(=O)CCC(=O)O. The van der Waals surface area contributed by atoms with Crippen molar-refractivity contribution in [3.63, 3.8) is 0 Å². The van der Waals surface area contributed by atoms with Gasteiger partial charge in [0.25, 0.3) is 0 Å². The van der Waals surface area contributed by atoms with E-state index < -0.39 is 23.7 Å². The number of anilines is 1. The lowest BCUT2D eigenvalue weighted by Crippen LogP contribution is -2.34. The number of hydrogen-bond donors (Lipinski definition) is 3. The van der Waals surface area contributed by atoms with Crippen molar-refractivity contribution in [1.29, 1.82) is 0 Å². The molecule has 0 radical (unpaired) electrons. The Hall–Kier alpha value is -2.44. The Bertz CT molecular complexity index is 516. The molecule has 0 fully saturated rings. The Morgan fingerprint density at radius 1 is 1.26 bits per heavy atom. The number of amides is 3. The van der Waals surface area contributed by atoms with Gasteiger partial charge in [0, 0.05) is 17.7 Å². The smallest absolute Gasteiger partial charge is 0.325 e. The number of nitrogens with one attached hydrogen (secondary N) is 2. The van der Waals surface area contributed by atoms with Crippen molar-refractivity contribution < 1.29 is 23.9 Å². The van der Waals surface area contributed by atoms with E-state index >= 15 is 0 Å². The Morgan fingerprint density at radius 3 is 2.58 bits per heavy atom. The maximum atomic E-state index is 13.2. The van der Waals surface area contributed by atoms with Crippen LogP contribution >= 0.6 is 0 Å². The first kappa shape index (κ1) is 14.6. The minimum absolute atomic E-state index is 0.239. The summed E-state index contributed by atoms with van der Waals surface area (Å²) in [6.45, 7) is 1.48. The first-order chi connectivity index (χ1) is 8.90. The van der Waals surface area contributed by atoms with E-state index in [2.05, 4.69) is 5.32 Å². The molecule has 3 amide bonds. The molecular weight excluding hydrogens is 255 g/mol. The van der Waals surface area contributed by atoms with E-state index in [1.165, 1.54) is 25.1 Å². The molecule has 0 unspecified atom stereocenters. The molecular formula is C12H13FN2O4. The van der Waals surface area contributed by atoms with Crippen molar-refractivity contribution in [3.05, 3.63) is 29.6 Å². The molecule has 1 aromatic rings. The number of carbonyl (C=O) groups is 3. The molecule has 0 bridgehead atoms. The van der Waals surface area contributed by atoms with Crippen molar-refractivity contribution in [2.45, 2.75) is 19.8 Å². The van der Waals surface area contributed by atoms with Crippen LogP contribution in [0.15, 0.2) is 18.2 Å². The van der Waals surface area contributed by atoms with Crippen molar-refractivity contribution >= 4 is 23.6 Å². The average molecular weight is 268 g/mol. The summed E-state index contributed by atoms with van der Waals surface area (Å²) >= 11 is 0. The summed E-state index contributed by atoms with van der Waals surface area (Å²) in [6, 6.07) is 3.32. The number of carboxylic acid groups (broad SMARTS) is 1. The zero-order valence-electron chi connectivity index (χ0n) is 10.2. The second-order valence-corrected chi connectivity index (χ2v) is 3.81. The van der Waals surface area contributed by atoms with Gasteiger partial charge in [-0.1, -0.05) is 6.07 Å². The highest BCUT2D eigenvalue weighted by Gasteiger charge is 2.11. The predicted molar refractivity (Wildman–Crippen MR) is 65.2 cm³/mol. The maximum Gasteiger partial charge on any atom is 0.325 e. The fraction of sp³-hybridized carbons (Fsp3) is 0.250. The second-order valence-electron chi connectivity index (χ2n) is 3.81. The van der Waals surface area contributed by atoms with Gasteiger partial charge < -0.3 is 10.4 Å². The van der Waals surface area contributed by atoms with Crippen LogP contribution in [0, 0.1) is 12.7 Å². The van der Waals surface area contributed by atoms with Crippen molar-refractivity contribution in [2.75, 3.05) is 5.32 Å². The van der Waals surface area contributed by atoms with Gasteiger partial charge in [-0.05, 0) is 19.1 Å². The summed E-state index contributed by atoms with van der Waals surface area (Å²) in [7, 11) is 0. The van der Waals surface area contributed by atoms with Gasteiger partial charge in [0.05, 0.1) is 6.42 Å². The van der Waals surface area contributed by atoms with Gasteiger partial charge in [-0.25, -0.2) is 9.18 Å². The molecule has 102 valence electrons. The molecule has 3 N–H and O–H groups in total. The maximum absolute atomic E-state index is 13.2. The molecule has 0 aromatic heterocycles. The number of aliphatic carboxylic acids is 1. The van der Waals surface area contributed by atoms with Gasteiger partial charge in [-0.3, -0.25) is 14.9 Å². The Kier molecular flexibility index (Phi) is 4.99. The number of halogens is 1. The van der Waals surface area contributed by atoms with Crippen molar-refractivity contribution in [1.82, 2.24) is 5.32 Å². The third-order valence-corrected chi connectivity index (χ3v) is 2.33. The quantitative estimate of drug-likeness (QED) is 0.773. The van der Waals surface area contributed by atoms with Gasteiger partial charge in [0.1, 0.15) is 5.82 Å². The topological polar surface area (TPSA) is 95.5 Å². The van der Waals surface area contributed by atoms with Gasteiger partial charge in [-0.2, -0.15) is 0 Å². The van der Waals surface area contributed by atoms with Crippen LogP contribution in [-0.4, -0.2) is 23.0 Å². The molecule has 0 spiro atoms. The summed E-state index contributed by atoms with van der Waals surface area (Å²) in [5, 5.41) is 12.6. The Balaban J connectivity index is 2.53. The van der Waals surface area contributed by atoms with Crippen LogP contribution in [-0.2, 0) is 9.59 Å². The van der Waals surface area contributed by atoms with E-state index in [0.717, 1.165) is 0 Å². The third-order valence-electron chi connectivity index (χ3n) is 2.33. The van der Waals surface area contributed by atoms with Gasteiger partial charge in [-0.15, -0.1) is 0 Å². The summed E-state index contributed by atoms with van der Waals surface area (Å²) < 4.78 is 13.2. The van der Waals surface area contributed by atoms with Crippen LogP contribution in [0.5, 0.6) is 0 Å². The molecule has 1 rings (SSSR count). The van der Waals surface area contributed by atoms with Gasteiger partial charge in [0.2, 0.25) is 5.91 Å². The predicted octanol–water partition coefficient (Wildman–Crippen LogP) is 1.65. The van der Waals surface area contributed by atoms with Crippen LogP contribution in [0.3, 0.4) is 0 Å². The highest BCUT2D eigenvalue weighted by Crippen LogP contribution is 2.16. The molecule has 0 saturated heterocycles. The lowest BCUT2D eigenvalue weighted by molar-refractivity contribution is -0.138. The summed E-state index contributed by atoms with van der Waals surface area (Å²) in [4.78, 5) is 32.8.